The smallest absolute Gasteiger partial charge is 0.150 e. The van der Waals surface area contributed by atoms with Crippen LogP contribution in [0.3, 0.4) is 0 Å². The van der Waals surface area contributed by atoms with Crippen LogP contribution in [0.4, 0.5) is 0 Å². The molecule has 0 bridgehead atoms. The number of rotatable bonds is 4. The van der Waals surface area contributed by atoms with E-state index in [1.807, 2.05) is 0 Å². The number of sulfone groups is 1. The van der Waals surface area contributed by atoms with Crippen molar-refractivity contribution in [2.45, 2.75) is 43.9 Å². The number of nitrogens with one attached hydrogen (secondary N) is 1. The highest BCUT2D eigenvalue weighted by Crippen LogP contribution is 2.35. The van der Waals surface area contributed by atoms with Crippen LogP contribution in [0.5, 0.6) is 0 Å². The monoisotopic (exact) mass is 293 g/mol. The Labute approximate surface area is 121 Å². The van der Waals surface area contributed by atoms with E-state index >= 15 is 0 Å². The van der Waals surface area contributed by atoms with Crippen molar-refractivity contribution in [2.75, 3.05) is 12.8 Å². The van der Waals surface area contributed by atoms with Crippen molar-refractivity contribution in [2.24, 2.45) is 5.92 Å². The Bertz CT molecular complexity index is 603. The first-order valence-electron chi connectivity index (χ1n) is 7.46. The minimum absolute atomic E-state index is 0.0904. The molecule has 3 nitrogen and oxygen atoms in total. The number of aryl methyl sites for hydroxylation is 1. The quantitative estimate of drug-likeness (QED) is 0.927. The maximum absolute atomic E-state index is 11.4. The second-order valence-electron chi connectivity index (χ2n) is 6.43. The van der Waals surface area contributed by atoms with Crippen LogP contribution >= 0.6 is 0 Å². The SMILES string of the molecule is Cc1cccc2c1CCC2NCC1CC(S(C)(=O)=O)C1. The van der Waals surface area contributed by atoms with E-state index in [0.29, 0.717) is 12.0 Å². The summed E-state index contributed by atoms with van der Waals surface area (Å²) in [7, 11) is -2.82. The third-order valence-corrected chi connectivity index (χ3v) is 6.55. The molecule has 1 unspecified atom stereocenters. The number of hydrogen-bond donors (Lipinski definition) is 1. The van der Waals surface area contributed by atoms with Gasteiger partial charge in [-0.3, -0.25) is 0 Å². The van der Waals surface area contributed by atoms with Crippen LogP contribution in [0, 0.1) is 12.8 Å². The molecule has 20 heavy (non-hydrogen) atoms. The predicted octanol–water partition coefficient (Wildman–Crippen LogP) is 2.40. The van der Waals surface area contributed by atoms with E-state index in [4.69, 9.17) is 0 Å². The maximum atomic E-state index is 11.4. The minimum Gasteiger partial charge on any atom is -0.310 e. The molecule has 3 rings (SSSR count). The Balaban J connectivity index is 1.54. The molecular formula is C16H23NO2S. The highest BCUT2D eigenvalue weighted by molar-refractivity contribution is 7.91. The molecule has 2 aliphatic rings. The fraction of sp³-hybridized carbons (Fsp3) is 0.625. The first-order chi connectivity index (χ1) is 9.45. The predicted molar refractivity (Wildman–Crippen MR) is 81.6 cm³/mol. The molecule has 1 aromatic rings. The zero-order chi connectivity index (χ0) is 14.3. The van der Waals surface area contributed by atoms with Gasteiger partial charge < -0.3 is 5.32 Å². The van der Waals surface area contributed by atoms with E-state index in [0.717, 1.165) is 25.8 Å². The summed E-state index contributed by atoms with van der Waals surface area (Å²) in [6.07, 6.45) is 5.36. The van der Waals surface area contributed by atoms with Crippen molar-refractivity contribution in [1.82, 2.24) is 5.32 Å². The average molecular weight is 293 g/mol. The van der Waals surface area contributed by atoms with Gasteiger partial charge in [0.25, 0.3) is 0 Å². The number of benzene rings is 1. The van der Waals surface area contributed by atoms with Gasteiger partial charge in [0.05, 0.1) is 5.25 Å². The molecular weight excluding hydrogens is 270 g/mol. The summed E-state index contributed by atoms with van der Waals surface area (Å²) in [5, 5.41) is 3.55. The second-order valence-corrected chi connectivity index (χ2v) is 8.76. The largest absolute Gasteiger partial charge is 0.310 e. The van der Waals surface area contributed by atoms with Crippen molar-refractivity contribution < 1.29 is 8.42 Å². The van der Waals surface area contributed by atoms with Gasteiger partial charge in [-0.25, -0.2) is 8.42 Å². The van der Waals surface area contributed by atoms with Gasteiger partial charge in [-0.1, -0.05) is 18.2 Å². The summed E-state index contributed by atoms with van der Waals surface area (Å²) in [4.78, 5) is 0. The normalized spacial score (nSPS) is 29.0. The Morgan fingerprint density at radius 2 is 2.05 bits per heavy atom. The summed E-state index contributed by atoms with van der Waals surface area (Å²) in [5.74, 6) is 0.531. The van der Waals surface area contributed by atoms with Crippen molar-refractivity contribution >= 4 is 9.84 Å². The van der Waals surface area contributed by atoms with Crippen molar-refractivity contribution in [3.05, 3.63) is 34.9 Å². The molecule has 0 aromatic heterocycles. The van der Waals surface area contributed by atoms with Crippen LogP contribution < -0.4 is 5.32 Å². The first-order valence-corrected chi connectivity index (χ1v) is 9.41. The van der Waals surface area contributed by atoms with E-state index in [2.05, 4.69) is 30.4 Å². The van der Waals surface area contributed by atoms with Gasteiger partial charge >= 0.3 is 0 Å². The average Bonchev–Trinajstić information content (AvgIpc) is 2.70. The van der Waals surface area contributed by atoms with E-state index in [1.54, 1.807) is 0 Å². The number of hydrogen-bond acceptors (Lipinski definition) is 3. The molecule has 0 saturated heterocycles. The van der Waals surface area contributed by atoms with E-state index in [1.165, 1.54) is 29.4 Å². The third kappa shape index (κ3) is 2.63. The summed E-state index contributed by atoms with van der Waals surface area (Å²) >= 11 is 0. The second kappa shape index (κ2) is 5.15. The van der Waals surface area contributed by atoms with Crippen LogP contribution in [0.25, 0.3) is 0 Å². The van der Waals surface area contributed by atoms with Crippen LogP contribution in [-0.4, -0.2) is 26.5 Å². The van der Waals surface area contributed by atoms with Gasteiger partial charge in [0, 0.05) is 12.3 Å². The minimum atomic E-state index is -2.82. The topological polar surface area (TPSA) is 46.2 Å². The third-order valence-electron chi connectivity index (χ3n) is 4.96. The highest BCUT2D eigenvalue weighted by atomic mass is 32.2. The Morgan fingerprint density at radius 1 is 1.30 bits per heavy atom. The van der Waals surface area contributed by atoms with Gasteiger partial charge in [0.2, 0.25) is 0 Å². The highest BCUT2D eigenvalue weighted by Gasteiger charge is 2.36. The summed E-state index contributed by atoms with van der Waals surface area (Å²) < 4.78 is 22.8. The molecule has 110 valence electrons. The fourth-order valence-corrected chi connectivity index (χ4v) is 4.79. The van der Waals surface area contributed by atoms with Crippen LogP contribution in [0.2, 0.25) is 0 Å². The van der Waals surface area contributed by atoms with Gasteiger partial charge in [-0.2, -0.15) is 0 Å². The Morgan fingerprint density at radius 3 is 2.75 bits per heavy atom. The molecule has 0 radical (unpaired) electrons. The van der Waals surface area contributed by atoms with E-state index < -0.39 is 9.84 Å². The molecule has 2 aliphatic carbocycles. The molecule has 0 heterocycles. The van der Waals surface area contributed by atoms with Crippen molar-refractivity contribution in [3.63, 3.8) is 0 Å². The molecule has 1 atom stereocenters. The zero-order valence-corrected chi connectivity index (χ0v) is 13.0. The van der Waals surface area contributed by atoms with E-state index in [-0.39, 0.29) is 5.25 Å². The molecule has 1 N–H and O–H groups in total. The molecule has 0 aliphatic heterocycles. The van der Waals surface area contributed by atoms with Gasteiger partial charge in [0.15, 0.2) is 0 Å². The zero-order valence-electron chi connectivity index (χ0n) is 12.2. The maximum Gasteiger partial charge on any atom is 0.150 e. The van der Waals surface area contributed by atoms with Gasteiger partial charge in [-0.15, -0.1) is 0 Å². The summed E-state index contributed by atoms with van der Waals surface area (Å²) in [5.41, 5.74) is 4.35. The van der Waals surface area contributed by atoms with Crippen LogP contribution in [0.1, 0.15) is 42.0 Å². The van der Waals surface area contributed by atoms with Crippen LogP contribution in [-0.2, 0) is 16.3 Å². The molecule has 1 aromatic carbocycles. The van der Waals surface area contributed by atoms with Crippen LogP contribution in [0.15, 0.2) is 18.2 Å². The Hall–Kier alpha value is -0.870. The first kappa shape index (κ1) is 14.1. The lowest BCUT2D eigenvalue weighted by molar-refractivity contribution is 0.290. The lowest BCUT2D eigenvalue weighted by atomic mass is 9.84. The summed E-state index contributed by atoms with van der Waals surface area (Å²) in [6.45, 7) is 3.13. The molecule has 0 amide bonds. The number of fused-ring (bicyclic) bond motifs is 1. The van der Waals surface area contributed by atoms with Crippen molar-refractivity contribution in [1.29, 1.82) is 0 Å². The lowest BCUT2D eigenvalue weighted by Gasteiger charge is -2.34. The summed E-state index contributed by atoms with van der Waals surface area (Å²) in [6, 6.07) is 7.01. The fourth-order valence-electron chi connectivity index (χ4n) is 3.55. The molecule has 1 fully saturated rings. The van der Waals surface area contributed by atoms with Gasteiger partial charge in [-0.05, 0) is 61.8 Å². The molecule has 0 spiro atoms. The van der Waals surface area contributed by atoms with Gasteiger partial charge in [0.1, 0.15) is 9.84 Å². The Kier molecular flexibility index (Phi) is 3.63. The van der Waals surface area contributed by atoms with E-state index in [9.17, 15) is 8.42 Å². The molecule has 4 heteroatoms. The molecule has 1 saturated carbocycles. The lowest BCUT2D eigenvalue weighted by Crippen LogP contribution is -2.41. The van der Waals surface area contributed by atoms with Crippen molar-refractivity contribution in [3.8, 4) is 0 Å². The standard InChI is InChI=1S/C16H23NO2S/c1-11-4-3-5-15-14(11)6-7-16(15)17-10-12-8-13(9-12)20(2,18)19/h3-5,12-13,16-17H,6-10H2,1-2H3.